The van der Waals surface area contributed by atoms with Gasteiger partial charge in [-0.05, 0) is 42.2 Å². The number of ether oxygens (including phenoxy) is 1. The SMILES string of the molecule is CCCc1cc(=O)[nH]c(-n2nc(-c3ccco3)cc2NC(=O)COc2ccc(C(C)C)cc2)n1. The van der Waals surface area contributed by atoms with Gasteiger partial charge in [0, 0.05) is 17.8 Å². The summed E-state index contributed by atoms with van der Waals surface area (Å²) < 4.78 is 12.5. The molecule has 4 aromatic rings. The monoisotopic (exact) mass is 461 g/mol. The Morgan fingerprint density at radius 2 is 2.00 bits per heavy atom. The van der Waals surface area contributed by atoms with Crippen LogP contribution < -0.4 is 15.6 Å². The van der Waals surface area contributed by atoms with E-state index in [2.05, 4.69) is 34.2 Å². The zero-order valence-electron chi connectivity index (χ0n) is 19.4. The van der Waals surface area contributed by atoms with E-state index in [1.807, 2.05) is 31.2 Å². The van der Waals surface area contributed by atoms with Gasteiger partial charge in [-0.1, -0.05) is 39.3 Å². The zero-order chi connectivity index (χ0) is 24.1. The quantitative estimate of drug-likeness (QED) is 0.384. The highest BCUT2D eigenvalue weighted by Gasteiger charge is 2.17. The molecule has 0 atom stereocenters. The fourth-order valence-corrected chi connectivity index (χ4v) is 3.43. The van der Waals surface area contributed by atoms with Gasteiger partial charge in [-0.2, -0.15) is 9.78 Å². The van der Waals surface area contributed by atoms with E-state index in [9.17, 15) is 9.59 Å². The number of furan rings is 1. The van der Waals surface area contributed by atoms with Crippen molar-refractivity contribution in [1.82, 2.24) is 19.7 Å². The first-order valence-electron chi connectivity index (χ1n) is 11.2. The molecule has 0 aliphatic carbocycles. The van der Waals surface area contributed by atoms with Crippen LogP contribution in [0.15, 0.2) is 64.0 Å². The van der Waals surface area contributed by atoms with E-state index in [1.165, 1.54) is 22.6 Å². The molecule has 34 heavy (non-hydrogen) atoms. The molecule has 0 spiro atoms. The summed E-state index contributed by atoms with van der Waals surface area (Å²) in [6.45, 7) is 6.04. The third-order valence-electron chi connectivity index (χ3n) is 5.16. The van der Waals surface area contributed by atoms with Crippen molar-refractivity contribution >= 4 is 11.7 Å². The summed E-state index contributed by atoms with van der Waals surface area (Å²) >= 11 is 0. The van der Waals surface area contributed by atoms with Gasteiger partial charge in [-0.15, -0.1) is 0 Å². The van der Waals surface area contributed by atoms with Crippen LogP contribution in [0.1, 0.15) is 44.4 Å². The first-order valence-corrected chi connectivity index (χ1v) is 11.2. The molecule has 9 heteroatoms. The van der Waals surface area contributed by atoms with Gasteiger partial charge in [0.15, 0.2) is 12.4 Å². The van der Waals surface area contributed by atoms with Crippen LogP contribution >= 0.6 is 0 Å². The van der Waals surface area contributed by atoms with Crippen LogP contribution in [0.3, 0.4) is 0 Å². The first kappa shape index (κ1) is 23.0. The van der Waals surface area contributed by atoms with Gasteiger partial charge in [0.25, 0.3) is 11.5 Å². The van der Waals surface area contributed by atoms with Gasteiger partial charge in [0.2, 0.25) is 5.95 Å². The lowest BCUT2D eigenvalue weighted by atomic mass is 10.0. The Morgan fingerprint density at radius 3 is 2.68 bits per heavy atom. The number of amides is 1. The molecule has 9 nitrogen and oxygen atoms in total. The number of nitrogens with zero attached hydrogens (tertiary/aromatic N) is 3. The minimum absolute atomic E-state index is 0.192. The molecule has 0 bridgehead atoms. The number of rotatable bonds is 9. The number of benzene rings is 1. The van der Waals surface area contributed by atoms with Crippen molar-refractivity contribution in [3.05, 3.63) is 76.4 Å². The molecule has 176 valence electrons. The molecular weight excluding hydrogens is 434 g/mol. The molecule has 0 aliphatic heterocycles. The fraction of sp³-hybridized carbons (Fsp3) is 0.280. The number of carbonyl (C=O) groups excluding carboxylic acids is 1. The summed E-state index contributed by atoms with van der Waals surface area (Å²) in [7, 11) is 0. The minimum atomic E-state index is -0.382. The molecular formula is C25H27N5O4. The maximum atomic E-state index is 12.7. The Kier molecular flexibility index (Phi) is 6.91. The molecule has 0 unspecified atom stereocenters. The maximum Gasteiger partial charge on any atom is 0.263 e. The van der Waals surface area contributed by atoms with Crippen LogP contribution in [0.4, 0.5) is 5.82 Å². The summed E-state index contributed by atoms with van der Waals surface area (Å²) in [6.07, 6.45) is 3.02. The van der Waals surface area contributed by atoms with Crippen LogP contribution in [-0.2, 0) is 11.2 Å². The molecule has 0 fully saturated rings. The number of nitrogens with one attached hydrogen (secondary N) is 2. The predicted molar refractivity (Wildman–Crippen MR) is 128 cm³/mol. The van der Waals surface area contributed by atoms with Crippen LogP contribution in [0, 0.1) is 0 Å². The van der Waals surface area contributed by atoms with Gasteiger partial charge < -0.3 is 14.5 Å². The lowest BCUT2D eigenvalue weighted by Crippen LogP contribution is -2.23. The Bertz CT molecular complexity index is 1300. The third kappa shape index (κ3) is 5.43. The molecule has 1 amide bonds. The van der Waals surface area contributed by atoms with Crippen molar-refractivity contribution in [3.8, 4) is 23.2 Å². The lowest BCUT2D eigenvalue weighted by molar-refractivity contribution is -0.118. The normalized spacial score (nSPS) is 11.1. The Hall–Kier alpha value is -4.14. The van der Waals surface area contributed by atoms with Crippen LogP contribution in [0.5, 0.6) is 5.75 Å². The molecule has 2 N–H and O–H groups in total. The summed E-state index contributed by atoms with van der Waals surface area (Å²) in [4.78, 5) is 32.1. The number of aryl methyl sites for hydroxylation is 1. The molecule has 0 saturated carbocycles. The summed E-state index contributed by atoms with van der Waals surface area (Å²) in [5.41, 5.74) is 2.02. The predicted octanol–water partition coefficient (Wildman–Crippen LogP) is 4.31. The second kappa shape index (κ2) is 10.2. The van der Waals surface area contributed by atoms with E-state index in [-0.39, 0.29) is 24.0 Å². The Labute approximate surface area is 196 Å². The van der Waals surface area contributed by atoms with E-state index >= 15 is 0 Å². The molecule has 0 saturated heterocycles. The van der Waals surface area contributed by atoms with Crippen molar-refractivity contribution in [3.63, 3.8) is 0 Å². The highest BCUT2D eigenvalue weighted by atomic mass is 16.5. The summed E-state index contributed by atoms with van der Waals surface area (Å²) in [5.74, 6) is 1.68. The van der Waals surface area contributed by atoms with E-state index in [0.717, 1.165) is 6.42 Å². The number of aromatic amines is 1. The van der Waals surface area contributed by atoms with Gasteiger partial charge in [-0.25, -0.2) is 4.98 Å². The van der Waals surface area contributed by atoms with Gasteiger partial charge in [-0.3, -0.25) is 14.6 Å². The number of hydrogen-bond donors (Lipinski definition) is 2. The largest absolute Gasteiger partial charge is 0.484 e. The number of carbonyl (C=O) groups is 1. The average molecular weight is 462 g/mol. The van der Waals surface area contributed by atoms with E-state index in [0.29, 0.717) is 41.1 Å². The van der Waals surface area contributed by atoms with Crippen molar-refractivity contribution in [2.75, 3.05) is 11.9 Å². The van der Waals surface area contributed by atoms with Crippen LogP contribution in [0.25, 0.3) is 17.4 Å². The average Bonchev–Trinajstić information content (AvgIpc) is 3.48. The number of H-pyrrole nitrogens is 1. The minimum Gasteiger partial charge on any atom is -0.484 e. The third-order valence-corrected chi connectivity index (χ3v) is 5.16. The molecule has 4 rings (SSSR count). The highest BCUT2D eigenvalue weighted by Crippen LogP contribution is 2.24. The standard InChI is InChI=1S/C25H27N5O4/c1-4-6-18-13-23(31)28-25(26-18)30-22(14-20(29-30)21-7-5-12-33-21)27-24(32)15-34-19-10-8-17(9-11-19)16(2)3/h5,7-14,16H,4,6,15H2,1-3H3,(H,27,32)(H,26,28,31). The molecule has 1 aromatic carbocycles. The Morgan fingerprint density at radius 1 is 1.21 bits per heavy atom. The van der Waals surface area contributed by atoms with Gasteiger partial charge in [0.1, 0.15) is 17.3 Å². The van der Waals surface area contributed by atoms with Gasteiger partial charge >= 0.3 is 0 Å². The van der Waals surface area contributed by atoms with Crippen molar-refractivity contribution < 1.29 is 13.9 Å². The Balaban J connectivity index is 1.57. The molecule has 0 radical (unpaired) electrons. The topological polar surface area (TPSA) is 115 Å². The molecule has 0 aliphatic rings. The highest BCUT2D eigenvalue weighted by molar-refractivity contribution is 5.91. The van der Waals surface area contributed by atoms with Crippen molar-refractivity contribution in [2.24, 2.45) is 0 Å². The van der Waals surface area contributed by atoms with Crippen LogP contribution in [-0.4, -0.2) is 32.3 Å². The maximum absolute atomic E-state index is 12.7. The second-order valence-electron chi connectivity index (χ2n) is 8.17. The first-order chi connectivity index (χ1) is 16.4. The zero-order valence-corrected chi connectivity index (χ0v) is 19.4. The second-order valence-corrected chi connectivity index (χ2v) is 8.17. The van der Waals surface area contributed by atoms with E-state index in [1.54, 1.807) is 18.2 Å². The van der Waals surface area contributed by atoms with Crippen molar-refractivity contribution in [1.29, 1.82) is 0 Å². The number of anilines is 1. The fourth-order valence-electron chi connectivity index (χ4n) is 3.43. The number of hydrogen-bond acceptors (Lipinski definition) is 6. The molecule has 3 aromatic heterocycles. The smallest absolute Gasteiger partial charge is 0.263 e. The van der Waals surface area contributed by atoms with E-state index in [4.69, 9.17) is 9.15 Å². The van der Waals surface area contributed by atoms with Gasteiger partial charge in [0.05, 0.1) is 6.26 Å². The lowest BCUT2D eigenvalue weighted by Gasteiger charge is -2.11. The summed E-state index contributed by atoms with van der Waals surface area (Å²) in [6, 6.07) is 14.3. The van der Waals surface area contributed by atoms with E-state index < -0.39 is 0 Å². The molecule has 3 heterocycles. The number of aromatic nitrogens is 4. The van der Waals surface area contributed by atoms with Crippen LogP contribution in [0.2, 0.25) is 0 Å². The van der Waals surface area contributed by atoms with Crippen molar-refractivity contribution in [2.45, 2.75) is 39.5 Å². The summed E-state index contributed by atoms with van der Waals surface area (Å²) in [5, 5.41) is 7.29.